The minimum Gasteiger partial charge on any atom is -0.383 e. The highest BCUT2D eigenvalue weighted by Crippen LogP contribution is 2.11. The molecular formula is C16H21N3O3. The minimum atomic E-state index is -1.19. The van der Waals surface area contributed by atoms with Crippen molar-refractivity contribution in [3.05, 3.63) is 35.4 Å². The molecule has 0 spiro atoms. The molecule has 0 radical (unpaired) electrons. The van der Waals surface area contributed by atoms with E-state index >= 15 is 0 Å². The zero-order chi connectivity index (χ0) is 16.7. The van der Waals surface area contributed by atoms with Crippen LogP contribution >= 0.6 is 0 Å². The molecule has 0 aromatic heterocycles. The number of carbonyl (C=O) groups is 2. The Hall–Kier alpha value is -2.39. The molecule has 0 saturated carbocycles. The van der Waals surface area contributed by atoms with Crippen LogP contribution in [0.15, 0.2) is 24.3 Å². The molecular weight excluding hydrogens is 282 g/mol. The molecule has 0 unspecified atom stereocenters. The van der Waals surface area contributed by atoms with Crippen molar-refractivity contribution >= 4 is 11.8 Å². The second-order valence-electron chi connectivity index (χ2n) is 5.58. The van der Waals surface area contributed by atoms with E-state index in [9.17, 15) is 14.7 Å². The molecule has 2 atom stereocenters. The summed E-state index contributed by atoms with van der Waals surface area (Å²) in [5, 5.41) is 21.3. The maximum atomic E-state index is 11.9. The van der Waals surface area contributed by atoms with E-state index < -0.39 is 24.0 Å². The summed E-state index contributed by atoms with van der Waals surface area (Å²) in [4.78, 5) is 23.4. The molecule has 6 heteroatoms. The summed E-state index contributed by atoms with van der Waals surface area (Å²) in [7, 11) is 0. The predicted octanol–water partition coefficient (Wildman–Crippen LogP) is 0.478. The van der Waals surface area contributed by atoms with Crippen molar-refractivity contribution in [2.45, 2.75) is 38.8 Å². The van der Waals surface area contributed by atoms with Gasteiger partial charge in [-0.2, -0.15) is 5.26 Å². The Kier molecular flexibility index (Phi) is 6.54. The van der Waals surface area contributed by atoms with Gasteiger partial charge in [-0.1, -0.05) is 32.0 Å². The van der Waals surface area contributed by atoms with E-state index in [1.165, 1.54) is 0 Å². The predicted molar refractivity (Wildman–Crippen MR) is 81.4 cm³/mol. The lowest BCUT2D eigenvalue weighted by Gasteiger charge is -2.19. The molecule has 0 heterocycles. The Morgan fingerprint density at radius 1 is 1.36 bits per heavy atom. The van der Waals surface area contributed by atoms with Gasteiger partial charge in [0.15, 0.2) is 0 Å². The normalized spacial score (nSPS) is 13.2. The van der Waals surface area contributed by atoms with Gasteiger partial charge in [-0.3, -0.25) is 9.59 Å². The average Bonchev–Trinajstić information content (AvgIpc) is 2.46. The number of primary amides is 1. The van der Waals surface area contributed by atoms with Gasteiger partial charge >= 0.3 is 0 Å². The number of aliphatic hydroxyl groups excluding tert-OH is 1. The Labute approximate surface area is 129 Å². The standard InChI is InChI=1S/C16H21N3O3/c1-10(2)7-14(20)16(22)19-13(15(18)21)8-11-5-3-4-6-12(11)9-17/h3-6,10,13-14,20H,7-8H2,1-2H3,(H2,18,21)(H,19,22)/t13-,14+/m1/s1. The van der Waals surface area contributed by atoms with E-state index in [1.807, 2.05) is 19.9 Å². The first-order chi connectivity index (χ1) is 10.3. The van der Waals surface area contributed by atoms with Crippen LogP contribution in [0.3, 0.4) is 0 Å². The quantitative estimate of drug-likeness (QED) is 0.679. The molecule has 118 valence electrons. The maximum Gasteiger partial charge on any atom is 0.249 e. The molecule has 0 aliphatic rings. The van der Waals surface area contributed by atoms with E-state index in [0.29, 0.717) is 17.5 Å². The van der Waals surface area contributed by atoms with Crippen molar-refractivity contribution in [3.63, 3.8) is 0 Å². The highest BCUT2D eigenvalue weighted by Gasteiger charge is 2.24. The summed E-state index contributed by atoms with van der Waals surface area (Å²) in [5.74, 6) is -1.20. The molecule has 0 bridgehead atoms. The van der Waals surface area contributed by atoms with Crippen LogP contribution in [0.25, 0.3) is 0 Å². The summed E-state index contributed by atoms with van der Waals surface area (Å²) in [6, 6.07) is 7.84. The average molecular weight is 303 g/mol. The Balaban J connectivity index is 2.81. The number of hydrogen-bond donors (Lipinski definition) is 3. The third-order valence-corrected chi connectivity index (χ3v) is 3.22. The topological polar surface area (TPSA) is 116 Å². The number of carbonyl (C=O) groups excluding carboxylic acids is 2. The number of nitrogens with zero attached hydrogens (tertiary/aromatic N) is 1. The van der Waals surface area contributed by atoms with Crippen LogP contribution in [0.1, 0.15) is 31.4 Å². The number of nitriles is 1. The monoisotopic (exact) mass is 303 g/mol. The van der Waals surface area contributed by atoms with Gasteiger partial charge < -0.3 is 16.2 Å². The summed E-state index contributed by atoms with van der Waals surface area (Å²) in [5.41, 5.74) is 6.35. The van der Waals surface area contributed by atoms with Crippen molar-refractivity contribution in [1.82, 2.24) is 5.32 Å². The third kappa shape index (κ3) is 5.19. The number of nitrogens with two attached hydrogens (primary N) is 1. The smallest absolute Gasteiger partial charge is 0.249 e. The first-order valence-corrected chi connectivity index (χ1v) is 7.11. The highest BCUT2D eigenvalue weighted by atomic mass is 16.3. The van der Waals surface area contributed by atoms with Gasteiger partial charge in [0, 0.05) is 6.42 Å². The molecule has 6 nitrogen and oxygen atoms in total. The van der Waals surface area contributed by atoms with E-state index in [2.05, 4.69) is 5.32 Å². The number of nitrogens with one attached hydrogen (secondary N) is 1. The third-order valence-electron chi connectivity index (χ3n) is 3.22. The molecule has 2 amide bonds. The first-order valence-electron chi connectivity index (χ1n) is 7.11. The van der Waals surface area contributed by atoms with Gasteiger partial charge in [0.2, 0.25) is 11.8 Å². The first kappa shape index (κ1) is 17.7. The Morgan fingerprint density at radius 2 is 2.00 bits per heavy atom. The number of rotatable bonds is 7. The SMILES string of the molecule is CC(C)C[C@H](O)C(=O)N[C@H](Cc1ccccc1C#N)C(N)=O. The molecule has 1 aromatic carbocycles. The number of benzene rings is 1. The summed E-state index contributed by atoms with van der Waals surface area (Å²) >= 11 is 0. The number of hydrogen-bond acceptors (Lipinski definition) is 4. The summed E-state index contributed by atoms with van der Waals surface area (Å²) in [6.45, 7) is 3.76. The minimum absolute atomic E-state index is 0.110. The molecule has 22 heavy (non-hydrogen) atoms. The van der Waals surface area contributed by atoms with Crippen molar-refractivity contribution < 1.29 is 14.7 Å². The van der Waals surface area contributed by atoms with Crippen molar-refractivity contribution in [3.8, 4) is 6.07 Å². The van der Waals surface area contributed by atoms with Gasteiger partial charge in [0.05, 0.1) is 11.6 Å². The lowest BCUT2D eigenvalue weighted by atomic mass is 9.99. The van der Waals surface area contributed by atoms with Gasteiger partial charge in [-0.25, -0.2) is 0 Å². The van der Waals surface area contributed by atoms with Crippen molar-refractivity contribution in [2.75, 3.05) is 0 Å². The number of amides is 2. The molecule has 0 fully saturated rings. The lowest BCUT2D eigenvalue weighted by Crippen LogP contribution is -2.49. The fraction of sp³-hybridized carbons (Fsp3) is 0.438. The second-order valence-corrected chi connectivity index (χ2v) is 5.58. The van der Waals surface area contributed by atoms with Crippen molar-refractivity contribution in [2.24, 2.45) is 11.7 Å². The van der Waals surface area contributed by atoms with E-state index in [1.54, 1.807) is 24.3 Å². The van der Waals surface area contributed by atoms with Gasteiger partial charge in [-0.05, 0) is 24.0 Å². The number of aliphatic hydroxyl groups is 1. The fourth-order valence-electron chi connectivity index (χ4n) is 2.07. The zero-order valence-corrected chi connectivity index (χ0v) is 12.7. The zero-order valence-electron chi connectivity index (χ0n) is 12.7. The Morgan fingerprint density at radius 3 is 2.55 bits per heavy atom. The largest absolute Gasteiger partial charge is 0.383 e. The fourth-order valence-corrected chi connectivity index (χ4v) is 2.07. The lowest BCUT2D eigenvalue weighted by molar-refractivity contribution is -0.133. The van der Waals surface area contributed by atoms with Gasteiger partial charge in [0.1, 0.15) is 12.1 Å². The maximum absolute atomic E-state index is 11.9. The highest BCUT2D eigenvalue weighted by molar-refractivity contribution is 5.88. The summed E-state index contributed by atoms with van der Waals surface area (Å²) < 4.78 is 0. The van der Waals surface area contributed by atoms with Crippen LogP contribution in [0.5, 0.6) is 0 Å². The van der Waals surface area contributed by atoms with E-state index in [0.717, 1.165) is 0 Å². The molecule has 4 N–H and O–H groups in total. The molecule has 0 aliphatic heterocycles. The molecule has 1 aromatic rings. The van der Waals surface area contributed by atoms with Crippen LogP contribution in [-0.2, 0) is 16.0 Å². The van der Waals surface area contributed by atoms with E-state index in [-0.39, 0.29) is 12.3 Å². The van der Waals surface area contributed by atoms with Crippen LogP contribution in [0, 0.1) is 17.2 Å². The van der Waals surface area contributed by atoms with Crippen LogP contribution < -0.4 is 11.1 Å². The van der Waals surface area contributed by atoms with Crippen molar-refractivity contribution in [1.29, 1.82) is 5.26 Å². The second kappa shape index (κ2) is 8.15. The molecule has 0 saturated heterocycles. The van der Waals surface area contributed by atoms with Gasteiger partial charge in [0.25, 0.3) is 0 Å². The summed E-state index contributed by atoms with van der Waals surface area (Å²) in [6.07, 6.45) is -0.779. The van der Waals surface area contributed by atoms with Crippen LogP contribution in [-0.4, -0.2) is 29.1 Å². The molecule has 1 rings (SSSR count). The Bertz CT molecular complexity index is 578. The van der Waals surface area contributed by atoms with E-state index in [4.69, 9.17) is 11.0 Å². The van der Waals surface area contributed by atoms with Crippen LogP contribution in [0.4, 0.5) is 0 Å². The van der Waals surface area contributed by atoms with Crippen LogP contribution in [0.2, 0.25) is 0 Å². The van der Waals surface area contributed by atoms with Gasteiger partial charge in [-0.15, -0.1) is 0 Å². The molecule has 0 aliphatic carbocycles.